The van der Waals surface area contributed by atoms with Crippen LogP contribution < -0.4 is 4.72 Å². The van der Waals surface area contributed by atoms with Crippen molar-refractivity contribution in [3.8, 4) is 10.6 Å². The Hall–Kier alpha value is -2.09. The standard InChI is InChI=1S/C19H19FN2O2S2/c1-13-12-16(8-9-17(13)20)26(23,24)21-11-10-18-14(2)22-19(25-18)15-6-4-3-5-7-15/h3-9,12,21H,10-11H2,1-2H3. The highest BCUT2D eigenvalue weighted by molar-refractivity contribution is 7.89. The topological polar surface area (TPSA) is 59.1 Å². The quantitative estimate of drug-likeness (QED) is 0.690. The average Bonchev–Trinajstić information content (AvgIpc) is 2.99. The van der Waals surface area contributed by atoms with Gasteiger partial charge >= 0.3 is 0 Å². The van der Waals surface area contributed by atoms with Crippen LogP contribution in [0.3, 0.4) is 0 Å². The minimum Gasteiger partial charge on any atom is -0.241 e. The summed E-state index contributed by atoms with van der Waals surface area (Å²) in [5.41, 5.74) is 2.26. The number of rotatable bonds is 6. The molecule has 0 aliphatic carbocycles. The molecule has 0 radical (unpaired) electrons. The van der Waals surface area contributed by atoms with E-state index < -0.39 is 15.8 Å². The molecule has 0 saturated heterocycles. The van der Waals surface area contributed by atoms with E-state index in [-0.39, 0.29) is 11.4 Å². The summed E-state index contributed by atoms with van der Waals surface area (Å²) in [6, 6.07) is 13.7. The van der Waals surface area contributed by atoms with Crippen LogP contribution in [-0.2, 0) is 16.4 Å². The molecule has 7 heteroatoms. The molecule has 4 nitrogen and oxygen atoms in total. The molecule has 0 aliphatic heterocycles. The van der Waals surface area contributed by atoms with Gasteiger partial charge in [0.15, 0.2) is 0 Å². The fourth-order valence-electron chi connectivity index (χ4n) is 2.53. The highest BCUT2D eigenvalue weighted by Crippen LogP contribution is 2.28. The first kappa shape index (κ1) is 18.7. The van der Waals surface area contributed by atoms with Crippen molar-refractivity contribution in [1.82, 2.24) is 9.71 Å². The number of benzene rings is 2. The summed E-state index contributed by atoms with van der Waals surface area (Å²) >= 11 is 1.57. The highest BCUT2D eigenvalue weighted by atomic mass is 32.2. The van der Waals surface area contributed by atoms with Gasteiger partial charge in [-0.1, -0.05) is 30.3 Å². The number of aromatic nitrogens is 1. The smallest absolute Gasteiger partial charge is 0.240 e. The van der Waals surface area contributed by atoms with Gasteiger partial charge in [-0.25, -0.2) is 22.5 Å². The van der Waals surface area contributed by atoms with Crippen LogP contribution in [0.25, 0.3) is 10.6 Å². The molecule has 0 bridgehead atoms. The first-order valence-corrected chi connectivity index (χ1v) is 10.4. The van der Waals surface area contributed by atoms with Crippen LogP contribution in [0, 0.1) is 19.7 Å². The van der Waals surface area contributed by atoms with Crippen LogP contribution in [0.5, 0.6) is 0 Å². The van der Waals surface area contributed by atoms with Crippen LogP contribution in [0.4, 0.5) is 4.39 Å². The van der Waals surface area contributed by atoms with Crippen molar-refractivity contribution in [2.75, 3.05) is 6.54 Å². The molecule has 3 rings (SSSR count). The van der Waals surface area contributed by atoms with E-state index in [1.165, 1.54) is 18.2 Å². The van der Waals surface area contributed by atoms with Crippen LogP contribution in [0.1, 0.15) is 16.1 Å². The van der Waals surface area contributed by atoms with Crippen molar-refractivity contribution < 1.29 is 12.8 Å². The Bertz CT molecular complexity index is 1020. The minimum atomic E-state index is -3.66. The lowest BCUT2D eigenvalue weighted by atomic mass is 10.2. The van der Waals surface area contributed by atoms with E-state index in [0.29, 0.717) is 12.0 Å². The largest absolute Gasteiger partial charge is 0.241 e. The first-order valence-electron chi connectivity index (χ1n) is 8.14. The molecule has 26 heavy (non-hydrogen) atoms. The van der Waals surface area contributed by atoms with E-state index in [1.807, 2.05) is 37.3 Å². The Morgan fingerprint density at radius 3 is 2.54 bits per heavy atom. The molecule has 0 spiro atoms. The van der Waals surface area contributed by atoms with E-state index in [1.54, 1.807) is 18.3 Å². The molecule has 0 amide bonds. The molecule has 3 aromatic rings. The monoisotopic (exact) mass is 390 g/mol. The fraction of sp³-hybridized carbons (Fsp3) is 0.211. The second-order valence-corrected chi connectivity index (χ2v) is 8.80. The number of hydrogen-bond acceptors (Lipinski definition) is 4. The Morgan fingerprint density at radius 2 is 1.85 bits per heavy atom. The predicted molar refractivity (Wildman–Crippen MR) is 102 cm³/mol. The summed E-state index contributed by atoms with van der Waals surface area (Å²) in [5.74, 6) is -0.419. The van der Waals surface area contributed by atoms with Gasteiger partial charge in [-0.3, -0.25) is 0 Å². The Morgan fingerprint density at radius 1 is 1.12 bits per heavy atom. The lowest BCUT2D eigenvalue weighted by molar-refractivity contribution is 0.580. The van der Waals surface area contributed by atoms with Gasteiger partial charge in [-0.05, 0) is 44.0 Å². The zero-order valence-corrected chi connectivity index (χ0v) is 16.1. The summed E-state index contributed by atoms with van der Waals surface area (Å²) < 4.78 is 40.6. The predicted octanol–water partition coefficient (Wildman–Crippen LogP) is 4.09. The number of nitrogens with zero attached hydrogens (tertiary/aromatic N) is 1. The zero-order chi connectivity index (χ0) is 18.7. The Balaban J connectivity index is 1.68. The van der Waals surface area contributed by atoms with E-state index in [0.717, 1.165) is 21.1 Å². The van der Waals surface area contributed by atoms with Crippen LogP contribution in [-0.4, -0.2) is 19.9 Å². The lowest BCUT2D eigenvalue weighted by Crippen LogP contribution is -2.26. The van der Waals surface area contributed by atoms with Gasteiger partial charge in [-0.15, -0.1) is 11.3 Å². The molecule has 0 saturated carbocycles. The van der Waals surface area contributed by atoms with Crippen LogP contribution in [0.2, 0.25) is 0 Å². The van der Waals surface area contributed by atoms with Crippen molar-refractivity contribution in [2.45, 2.75) is 25.2 Å². The van der Waals surface area contributed by atoms with E-state index in [2.05, 4.69) is 9.71 Å². The maximum Gasteiger partial charge on any atom is 0.240 e. The molecule has 0 atom stereocenters. The third kappa shape index (κ3) is 4.17. The van der Waals surface area contributed by atoms with Gasteiger partial charge < -0.3 is 0 Å². The molecule has 0 aliphatic rings. The molecular weight excluding hydrogens is 371 g/mol. The van der Waals surface area contributed by atoms with Gasteiger partial charge in [0.2, 0.25) is 10.0 Å². The van der Waals surface area contributed by atoms with E-state index >= 15 is 0 Å². The number of halogens is 1. The number of aryl methyl sites for hydroxylation is 2. The second kappa shape index (κ2) is 7.65. The van der Waals surface area contributed by atoms with Crippen molar-refractivity contribution in [3.63, 3.8) is 0 Å². The van der Waals surface area contributed by atoms with Crippen molar-refractivity contribution >= 4 is 21.4 Å². The van der Waals surface area contributed by atoms with Crippen LogP contribution in [0.15, 0.2) is 53.4 Å². The van der Waals surface area contributed by atoms with Gasteiger partial charge in [0.05, 0.1) is 10.6 Å². The third-order valence-electron chi connectivity index (χ3n) is 4.00. The molecule has 1 heterocycles. The lowest BCUT2D eigenvalue weighted by Gasteiger charge is -2.07. The second-order valence-electron chi connectivity index (χ2n) is 5.95. The molecular formula is C19H19FN2O2S2. The fourth-order valence-corrected chi connectivity index (χ4v) is 4.71. The Labute approximate surface area is 156 Å². The SMILES string of the molecule is Cc1cc(S(=O)(=O)NCCc2sc(-c3ccccc3)nc2C)ccc1F. The van der Waals surface area contributed by atoms with Gasteiger partial charge in [-0.2, -0.15) is 0 Å². The minimum absolute atomic E-state index is 0.0717. The molecule has 2 aromatic carbocycles. The summed E-state index contributed by atoms with van der Waals surface area (Å²) in [5, 5.41) is 0.926. The number of sulfonamides is 1. The maximum atomic E-state index is 13.3. The summed E-state index contributed by atoms with van der Waals surface area (Å²) in [6.07, 6.45) is 0.551. The highest BCUT2D eigenvalue weighted by Gasteiger charge is 2.16. The summed E-state index contributed by atoms with van der Waals surface area (Å²) in [4.78, 5) is 5.69. The van der Waals surface area contributed by atoms with Crippen molar-refractivity contribution in [1.29, 1.82) is 0 Å². The third-order valence-corrected chi connectivity index (χ3v) is 6.72. The summed E-state index contributed by atoms with van der Waals surface area (Å²) in [6.45, 7) is 3.73. The number of nitrogens with one attached hydrogen (secondary N) is 1. The van der Waals surface area contributed by atoms with E-state index in [4.69, 9.17) is 0 Å². The molecule has 0 fully saturated rings. The average molecular weight is 391 g/mol. The van der Waals surface area contributed by atoms with Crippen molar-refractivity contribution in [3.05, 3.63) is 70.5 Å². The van der Waals surface area contributed by atoms with Gasteiger partial charge in [0.1, 0.15) is 10.8 Å². The molecule has 1 aromatic heterocycles. The van der Waals surface area contributed by atoms with E-state index in [9.17, 15) is 12.8 Å². The van der Waals surface area contributed by atoms with Crippen LogP contribution >= 0.6 is 11.3 Å². The number of hydrogen-bond donors (Lipinski definition) is 1. The van der Waals surface area contributed by atoms with Gasteiger partial charge in [0.25, 0.3) is 0 Å². The molecule has 0 unspecified atom stereocenters. The van der Waals surface area contributed by atoms with Crippen molar-refractivity contribution in [2.24, 2.45) is 0 Å². The normalized spacial score (nSPS) is 11.7. The zero-order valence-electron chi connectivity index (χ0n) is 14.5. The maximum absolute atomic E-state index is 13.3. The Kier molecular flexibility index (Phi) is 5.50. The first-order chi connectivity index (χ1) is 12.4. The molecule has 1 N–H and O–H groups in total. The van der Waals surface area contributed by atoms with Gasteiger partial charge in [0, 0.05) is 17.0 Å². The molecule has 136 valence electrons. The summed E-state index contributed by atoms with van der Waals surface area (Å²) in [7, 11) is -3.66. The number of thiazole rings is 1.